The summed E-state index contributed by atoms with van der Waals surface area (Å²) in [6.07, 6.45) is 3.68. The minimum atomic E-state index is 0.322. The van der Waals surface area contributed by atoms with Gasteiger partial charge in [-0.1, -0.05) is 42.5 Å². The second-order valence-corrected chi connectivity index (χ2v) is 3.56. The first-order chi connectivity index (χ1) is 8.36. The van der Waals surface area contributed by atoms with Gasteiger partial charge in [0.1, 0.15) is 5.75 Å². The first-order valence-corrected chi connectivity index (χ1v) is 5.39. The zero-order chi connectivity index (χ0) is 11.9. The molecule has 0 spiro atoms. The highest BCUT2D eigenvalue weighted by Gasteiger charge is 1.86. The molecule has 0 saturated heterocycles. The fraction of sp³-hybridized carbons (Fsp3) is 0. The van der Waals surface area contributed by atoms with Crippen LogP contribution in [0.15, 0.2) is 73.1 Å². The minimum Gasteiger partial charge on any atom is -0.508 e. The Hall–Kier alpha value is -2.35. The first-order valence-electron chi connectivity index (χ1n) is 5.39. The van der Waals surface area contributed by atoms with E-state index < -0.39 is 0 Å². The van der Waals surface area contributed by atoms with Crippen LogP contribution in [0.4, 0.5) is 0 Å². The van der Waals surface area contributed by atoms with E-state index in [1.165, 1.54) is 10.8 Å². The summed E-state index contributed by atoms with van der Waals surface area (Å²) < 4.78 is 0. The quantitative estimate of drug-likeness (QED) is 0.631. The smallest absolute Gasteiger partial charge is 0.115 e. The van der Waals surface area contributed by atoms with Gasteiger partial charge in [-0.05, 0) is 29.0 Å². The van der Waals surface area contributed by atoms with Crippen molar-refractivity contribution in [3.63, 3.8) is 0 Å². The molecule has 2 nitrogen and oxygen atoms in total. The Balaban J connectivity index is 0.000000136. The standard InChI is InChI=1S/C9H7N.C6H6O/c1-2-4-9-7-10-6-5-8(9)3-1;7-6-4-2-1-3-5-6/h1-7H;1-5,7H. The number of aromatic nitrogens is 1. The van der Waals surface area contributed by atoms with Crippen molar-refractivity contribution in [2.24, 2.45) is 0 Å². The van der Waals surface area contributed by atoms with E-state index in [-0.39, 0.29) is 0 Å². The molecule has 0 saturated carbocycles. The Morgan fingerprint density at radius 2 is 1.35 bits per heavy atom. The van der Waals surface area contributed by atoms with Crippen LogP contribution in [0.2, 0.25) is 0 Å². The van der Waals surface area contributed by atoms with Crippen molar-refractivity contribution in [1.82, 2.24) is 4.98 Å². The fourth-order valence-corrected chi connectivity index (χ4v) is 1.45. The summed E-state index contributed by atoms with van der Waals surface area (Å²) in [5, 5.41) is 11.1. The van der Waals surface area contributed by atoms with Crippen molar-refractivity contribution >= 4 is 10.8 Å². The lowest BCUT2D eigenvalue weighted by molar-refractivity contribution is 0.475. The number of pyridine rings is 1. The van der Waals surface area contributed by atoms with E-state index in [1.807, 2.05) is 36.7 Å². The van der Waals surface area contributed by atoms with Gasteiger partial charge in [-0.25, -0.2) is 0 Å². The number of phenols is 1. The van der Waals surface area contributed by atoms with Crippen LogP contribution in [0.25, 0.3) is 10.8 Å². The number of phenolic OH excluding ortho intramolecular Hbond substituents is 1. The van der Waals surface area contributed by atoms with Crippen molar-refractivity contribution in [1.29, 1.82) is 0 Å². The third-order valence-electron chi connectivity index (χ3n) is 2.31. The minimum absolute atomic E-state index is 0.322. The lowest BCUT2D eigenvalue weighted by Crippen LogP contribution is -1.71. The molecule has 0 aliphatic heterocycles. The van der Waals surface area contributed by atoms with E-state index in [9.17, 15) is 0 Å². The van der Waals surface area contributed by atoms with Gasteiger partial charge in [-0.3, -0.25) is 4.98 Å². The second-order valence-electron chi connectivity index (χ2n) is 3.56. The average molecular weight is 223 g/mol. The van der Waals surface area contributed by atoms with Gasteiger partial charge in [-0.15, -0.1) is 0 Å². The Morgan fingerprint density at radius 1 is 0.706 bits per heavy atom. The Morgan fingerprint density at radius 3 is 1.94 bits per heavy atom. The number of nitrogens with zero attached hydrogens (tertiary/aromatic N) is 1. The predicted molar refractivity (Wildman–Crippen MR) is 69.8 cm³/mol. The molecule has 3 aromatic rings. The number of benzene rings is 2. The monoisotopic (exact) mass is 223 g/mol. The van der Waals surface area contributed by atoms with Crippen LogP contribution in [-0.2, 0) is 0 Å². The molecule has 0 bridgehead atoms. The molecule has 17 heavy (non-hydrogen) atoms. The second kappa shape index (κ2) is 5.66. The third-order valence-corrected chi connectivity index (χ3v) is 2.31. The SMILES string of the molecule is Oc1ccccc1.c1ccc2cnccc2c1. The van der Waals surface area contributed by atoms with Crippen molar-refractivity contribution in [3.05, 3.63) is 73.1 Å². The van der Waals surface area contributed by atoms with Gasteiger partial charge in [0.05, 0.1) is 0 Å². The summed E-state index contributed by atoms with van der Waals surface area (Å²) in [7, 11) is 0. The summed E-state index contributed by atoms with van der Waals surface area (Å²) in [5.41, 5.74) is 0. The van der Waals surface area contributed by atoms with E-state index in [2.05, 4.69) is 17.1 Å². The van der Waals surface area contributed by atoms with Gasteiger partial charge in [-0.2, -0.15) is 0 Å². The summed E-state index contributed by atoms with van der Waals surface area (Å²) in [4.78, 5) is 4.01. The van der Waals surface area contributed by atoms with E-state index in [4.69, 9.17) is 5.11 Å². The summed E-state index contributed by atoms with van der Waals surface area (Å²) in [5.74, 6) is 0.322. The van der Waals surface area contributed by atoms with E-state index in [0.29, 0.717) is 5.75 Å². The molecular formula is C15H13NO. The summed E-state index contributed by atoms with van der Waals surface area (Å²) in [6, 6.07) is 18.9. The number of rotatable bonds is 0. The Kier molecular flexibility index (Phi) is 3.71. The molecule has 0 unspecified atom stereocenters. The molecule has 0 fully saturated rings. The van der Waals surface area contributed by atoms with Gasteiger partial charge < -0.3 is 5.11 Å². The maximum absolute atomic E-state index is 8.63. The van der Waals surface area contributed by atoms with E-state index in [0.717, 1.165) is 0 Å². The molecule has 0 aliphatic rings. The lowest BCUT2D eigenvalue weighted by atomic mass is 10.2. The molecule has 84 valence electrons. The molecular weight excluding hydrogens is 210 g/mol. The van der Waals surface area contributed by atoms with E-state index in [1.54, 1.807) is 24.3 Å². The van der Waals surface area contributed by atoms with Crippen LogP contribution in [-0.4, -0.2) is 10.1 Å². The van der Waals surface area contributed by atoms with E-state index >= 15 is 0 Å². The fourth-order valence-electron chi connectivity index (χ4n) is 1.45. The normalized spacial score (nSPS) is 9.41. The molecule has 1 N–H and O–H groups in total. The molecule has 1 heterocycles. The maximum Gasteiger partial charge on any atom is 0.115 e. The van der Waals surface area contributed by atoms with Crippen molar-refractivity contribution in [2.45, 2.75) is 0 Å². The third kappa shape index (κ3) is 3.31. The zero-order valence-corrected chi connectivity index (χ0v) is 9.32. The van der Waals surface area contributed by atoms with Crippen molar-refractivity contribution in [3.8, 4) is 5.75 Å². The van der Waals surface area contributed by atoms with Crippen LogP contribution in [0.5, 0.6) is 5.75 Å². The molecule has 0 aliphatic carbocycles. The highest BCUT2D eigenvalue weighted by atomic mass is 16.3. The molecule has 2 heteroatoms. The van der Waals surface area contributed by atoms with Crippen LogP contribution < -0.4 is 0 Å². The van der Waals surface area contributed by atoms with Crippen molar-refractivity contribution < 1.29 is 5.11 Å². The van der Waals surface area contributed by atoms with Crippen LogP contribution in [0.3, 0.4) is 0 Å². The van der Waals surface area contributed by atoms with Crippen LogP contribution in [0.1, 0.15) is 0 Å². The highest BCUT2D eigenvalue weighted by molar-refractivity contribution is 5.80. The average Bonchev–Trinajstić information content (AvgIpc) is 2.41. The number of fused-ring (bicyclic) bond motifs is 1. The molecule has 1 aromatic heterocycles. The summed E-state index contributed by atoms with van der Waals surface area (Å²) >= 11 is 0. The van der Waals surface area contributed by atoms with Gasteiger partial charge in [0.25, 0.3) is 0 Å². The predicted octanol–water partition coefficient (Wildman–Crippen LogP) is 3.63. The van der Waals surface area contributed by atoms with Gasteiger partial charge in [0.15, 0.2) is 0 Å². The molecule has 3 rings (SSSR count). The lowest BCUT2D eigenvalue weighted by Gasteiger charge is -1.91. The molecule has 0 amide bonds. The number of aromatic hydroxyl groups is 1. The highest BCUT2D eigenvalue weighted by Crippen LogP contribution is 2.09. The number of hydrogen-bond acceptors (Lipinski definition) is 2. The summed E-state index contributed by atoms with van der Waals surface area (Å²) in [6.45, 7) is 0. The Labute approximate surface area is 100 Å². The molecule has 0 atom stereocenters. The van der Waals surface area contributed by atoms with Gasteiger partial charge >= 0.3 is 0 Å². The number of para-hydroxylation sites is 1. The largest absolute Gasteiger partial charge is 0.508 e. The first kappa shape index (κ1) is 11.1. The Bertz CT molecular complexity index is 513. The van der Waals surface area contributed by atoms with Crippen LogP contribution in [0, 0.1) is 0 Å². The topological polar surface area (TPSA) is 33.1 Å². The molecule has 0 radical (unpaired) electrons. The van der Waals surface area contributed by atoms with Gasteiger partial charge in [0.2, 0.25) is 0 Å². The van der Waals surface area contributed by atoms with Crippen molar-refractivity contribution in [2.75, 3.05) is 0 Å². The molecule has 2 aromatic carbocycles. The number of hydrogen-bond donors (Lipinski definition) is 1. The zero-order valence-electron chi connectivity index (χ0n) is 9.32. The van der Waals surface area contributed by atoms with Gasteiger partial charge in [0, 0.05) is 12.4 Å². The van der Waals surface area contributed by atoms with Crippen LogP contribution >= 0.6 is 0 Å². The maximum atomic E-state index is 8.63.